The Bertz CT molecular complexity index is 373. The highest BCUT2D eigenvalue weighted by molar-refractivity contribution is 7.15. The summed E-state index contributed by atoms with van der Waals surface area (Å²) < 4.78 is 5.23. The molecule has 0 aromatic carbocycles. The standard InChI is InChI=1S/C14H27N3OS/c1-7-17(11(2)10-18-6)13-15-8-12(19-13)9-16-14(3,4)5/h8,11,16H,7,9-10H2,1-6H3. The van der Waals surface area contributed by atoms with E-state index in [-0.39, 0.29) is 5.54 Å². The van der Waals surface area contributed by atoms with Crippen molar-refractivity contribution in [1.82, 2.24) is 10.3 Å². The summed E-state index contributed by atoms with van der Waals surface area (Å²) in [4.78, 5) is 8.10. The van der Waals surface area contributed by atoms with Gasteiger partial charge in [0, 0.05) is 36.8 Å². The van der Waals surface area contributed by atoms with Crippen LogP contribution in [0.4, 0.5) is 5.13 Å². The van der Waals surface area contributed by atoms with Crippen molar-refractivity contribution in [2.45, 2.75) is 52.7 Å². The summed E-state index contributed by atoms with van der Waals surface area (Å²) >= 11 is 1.76. The Balaban J connectivity index is 2.66. The Hall–Kier alpha value is -0.650. The van der Waals surface area contributed by atoms with Crippen LogP contribution >= 0.6 is 11.3 Å². The van der Waals surface area contributed by atoms with Gasteiger partial charge in [-0.05, 0) is 34.6 Å². The van der Waals surface area contributed by atoms with Gasteiger partial charge in [-0.25, -0.2) is 4.98 Å². The van der Waals surface area contributed by atoms with Gasteiger partial charge in [-0.2, -0.15) is 0 Å². The number of ether oxygens (including phenoxy) is 1. The molecule has 1 aromatic heterocycles. The zero-order valence-electron chi connectivity index (χ0n) is 13.0. The van der Waals surface area contributed by atoms with Crippen molar-refractivity contribution < 1.29 is 4.74 Å². The molecule has 0 fully saturated rings. The Morgan fingerprint density at radius 2 is 2.16 bits per heavy atom. The number of hydrogen-bond acceptors (Lipinski definition) is 5. The van der Waals surface area contributed by atoms with Crippen molar-refractivity contribution >= 4 is 16.5 Å². The molecule has 0 aliphatic heterocycles. The molecule has 1 rings (SSSR count). The number of methoxy groups -OCH3 is 1. The van der Waals surface area contributed by atoms with Crippen LogP contribution in [0.15, 0.2) is 6.20 Å². The van der Waals surface area contributed by atoms with Gasteiger partial charge in [-0.15, -0.1) is 11.3 Å². The van der Waals surface area contributed by atoms with Crippen LogP contribution in [-0.2, 0) is 11.3 Å². The highest BCUT2D eigenvalue weighted by Crippen LogP contribution is 2.24. The van der Waals surface area contributed by atoms with E-state index >= 15 is 0 Å². The number of hydrogen-bond donors (Lipinski definition) is 1. The lowest BCUT2D eigenvalue weighted by Crippen LogP contribution is -2.36. The molecule has 1 heterocycles. The lowest BCUT2D eigenvalue weighted by Gasteiger charge is -2.26. The number of rotatable bonds is 7. The maximum atomic E-state index is 5.23. The highest BCUT2D eigenvalue weighted by atomic mass is 32.1. The largest absolute Gasteiger partial charge is 0.383 e. The fourth-order valence-corrected chi connectivity index (χ4v) is 2.85. The molecule has 0 spiro atoms. The Labute approximate surface area is 121 Å². The van der Waals surface area contributed by atoms with Gasteiger partial charge in [-0.1, -0.05) is 0 Å². The predicted octanol–water partition coefficient (Wildman–Crippen LogP) is 2.89. The quantitative estimate of drug-likeness (QED) is 0.836. The second-order valence-corrected chi connectivity index (χ2v) is 6.90. The first-order chi connectivity index (χ1) is 8.87. The van der Waals surface area contributed by atoms with Crippen molar-refractivity contribution in [3.63, 3.8) is 0 Å². The van der Waals surface area contributed by atoms with Gasteiger partial charge in [0.05, 0.1) is 12.6 Å². The predicted molar refractivity (Wildman–Crippen MR) is 83.1 cm³/mol. The van der Waals surface area contributed by atoms with Gasteiger partial charge in [0.1, 0.15) is 0 Å². The molecule has 110 valence electrons. The monoisotopic (exact) mass is 285 g/mol. The minimum absolute atomic E-state index is 0.137. The highest BCUT2D eigenvalue weighted by Gasteiger charge is 2.17. The maximum Gasteiger partial charge on any atom is 0.185 e. The molecule has 5 heteroatoms. The molecule has 0 aliphatic carbocycles. The third kappa shape index (κ3) is 5.47. The summed E-state index contributed by atoms with van der Waals surface area (Å²) in [5.74, 6) is 0. The van der Waals surface area contributed by atoms with E-state index in [0.717, 1.165) is 24.8 Å². The van der Waals surface area contributed by atoms with Crippen LogP contribution in [0.25, 0.3) is 0 Å². The van der Waals surface area contributed by atoms with E-state index in [2.05, 4.69) is 49.8 Å². The minimum Gasteiger partial charge on any atom is -0.383 e. The lowest BCUT2D eigenvalue weighted by atomic mass is 10.1. The van der Waals surface area contributed by atoms with E-state index in [9.17, 15) is 0 Å². The third-order valence-electron chi connectivity index (χ3n) is 2.86. The SMILES string of the molecule is CCN(c1ncc(CNC(C)(C)C)s1)C(C)COC. The first kappa shape index (κ1) is 16.4. The van der Waals surface area contributed by atoms with Crippen LogP contribution < -0.4 is 10.2 Å². The van der Waals surface area contributed by atoms with Gasteiger partial charge < -0.3 is 15.0 Å². The zero-order chi connectivity index (χ0) is 14.5. The van der Waals surface area contributed by atoms with Crippen LogP contribution in [-0.4, -0.2) is 36.8 Å². The van der Waals surface area contributed by atoms with E-state index in [1.807, 2.05) is 6.20 Å². The molecule has 19 heavy (non-hydrogen) atoms. The minimum atomic E-state index is 0.137. The number of nitrogens with zero attached hydrogens (tertiary/aromatic N) is 2. The summed E-state index contributed by atoms with van der Waals surface area (Å²) in [5, 5.41) is 4.57. The van der Waals surface area contributed by atoms with Crippen molar-refractivity contribution in [1.29, 1.82) is 0 Å². The molecule has 1 aromatic rings. The van der Waals surface area contributed by atoms with Crippen molar-refractivity contribution in [2.75, 3.05) is 25.2 Å². The van der Waals surface area contributed by atoms with Gasteiger partial charge in [0.25, 0.3) is 0 Å². The van der Waals surface area contributed by atoms with E-state index in [4.69, 9.17) is 4.74 Å². The molecule has 0 aliphatic rings. The summed E-state index contributed by atoms with van der Waals surface area (Å²) in [6.07, 6.45) is 1.97. The molecule has 0 saturated heterocycles. The molecule has 0 saturated carbocycles. The van der Waals surface area contributed by atoms with Gasteiger partial charge in [-0.3, -0.25) is 0 Å². The summed E-state index contributed by atoms with van der Waals surface area (Å²) in [6.45, 7) is 13.4. The van der Waals surface area contributed by atoms with E-state index < -0.39 is 0 Å². The van der Waals surface area contributed by atoms with Crippen LogP contribution in [0, 0.1) is 0 Å². The van der Waals surface area contributed by atoms with Crippen LogP contribution in [0.2, 0.25) is 0 Å². The van der Waals surface area contributed by atoms with Crippen LogP contribution in [0.3, 0.4) is 0 Å². The molecule has 1 N–H and O–H groups in total. The van der Waals surface area contributed by atoms with Crippen molar-refractivity contribution in [3.05, 3.63) is 11.1 Å². The Kier molecular flexibility index (Phi) is 6.23. The average Bonchev–Trinajstić information content (AvgIpc) is 2.75. The number of aromatic nitrogens is 1. The van der Waals surface area contributed by atoms with Gasteiger partial charge in [0.15, 0.2) is 5.13 Å². The lowest BCUT2D eigenvalue weighted by molar-refractivity contribution is 0.182. The Morgan fingerprint density at radius 1 is 1.47 bits per heavy atom. The van der Waals surface area contributed by atoms with E-state index in [1.165, 1.54) is 4.88 Å². The molecule has 0 amide bonds. The average molecular weight is 285 g/mol. The zero-order valence-corrected chi connectivity index (χ0v) is 13.8. The number of likely N-dealkylation sites (N-methyl/N-ethyl adjacent to an activating group) is 1. The topological polar surface area (TPSA) is 37.4 Å². The number of anilines is 1. The molecule has 4 nitrogen and oxygen atoms in total. The van der Waals surface area contributed by atoms with E-state index in [1.54, 1.807) is 18.4 Å². The molecule has 1 unspecified atom stereocenters. The molecule has 0 bridgehead atoms. The van der Waals surface area contributed by atoms with Gasteiger partial charge in [0.2, 0.25) is 0 Å². The smallest absolute Gasteiger partial charge is 0.185 e. The summed E-state index contributed by atoms with van der Waals surface area (Å²) in [5.41, 5.74) is 0.137. The van der Waals surface area contributed by atoms with E-state index in [0.29, 0.717) is 6.04 Å². The second kappa shape index (κ2) is 7.22. The first-order valence-corrected chi connectivity index (χ1v) is 7.64. The molecular weight excluding hydrogens is 258 g/mol. The summed E-state index contributed by atoms with van der Waals surface area (Å²) in [7, 11) is 1.74. The fourth-order valence-electron chi connectivity index (χ4n) is 1.83. The molecule has 0 radical (unpaired) electrons. The van der Waals surface area contributed by atoms with Crippen LogP contribution in [0.1, 0.15) is 39.5 Å². The first-order valence-electron chi connectivity index (χ1n) is 6.82. The maximum absolute atomic E-state index is 5.23. The Morgan fingerprint density at radius 3 is 2.68 bits per heavy atom. The number of nitrogens with one attached hydrogen (secondary N) is 1. The molecule has 1 atom stereocenters. The summed E-state index contributed by atoms with van der Waals surface area (Å²) in [6, 6.07) is 0.351. The number of thiazole rings is 1. The van der Waals surface area contributed by atoms with Gasteiger partial charge >= 0.3 is 0 Å². The van der Waals surface area contributed by atoms with Crippen molar-refractivity contribution in [3.8, 4) is 0 Å². The van der Waals surface area contributed by atoms with Crippen LogP contribution in [0.5, 0.6) is 0 Å². The fraction of sp³-hybridized carbons (Fsp3) is 0.786. The van der Waals surface area contributed by atoms with Crippen molar-refractivity contribution in [2.24, 2.45) is 0 Å². The normalized spacial score (nSPS) is 13.6. The third-order valence-corrected chi connectivity index (χ3v) is 3.90. The molecular formula is C14H27N3OS. The second-order valence-electron chi connectivity index (χ2n) is 5.80.